The molecule has 0 aliphatic heterocycles. The molecule has 4 rings (SSSR count). The lowest BCUT2D eigenvalue weighted by Crippen LogP contribution is -1.95. The van der Waals surface area contributed by atoms with E-state index < -0.39 is 0 Å². The zero-order valence-electron chi connectivity index (χ0n) is 13.7. The Bertz CT molecular complexity index is 1020. The number of aromatic nitrogens is 3. The highest BCUT2D eigenvalue weighted by atomic mass is 19.1. The minimum Gasteiger partial charge on any atom is -0.424 e. The zero-order valence-corrected chi connectivity index (χ0v) is 13.7. The number of halogens is 1. The van der Waals surface area contributed by atoms with Gasteiger partial charge in [-0.2, -0.15) is 4.98 Å². The average Bonchev–Trinajstić information content (AvgIpc) is 2.70. The van der Waals surface area contributed by atoms with E-state index in [2.05, 4.69) is 15.0 Å². The van der Waals surface area contributed by atoms with Crippen molar-refractivity contribution in [1.29, 1.82) is 0 Å². The molecule has 26 heavy (non-hydrogen) atoms. The summed E-state index contributed by atoms with van der Waals surface area (Å²) in [7, 11) is 0. The molecular formula is C21H14FN3O. The van der Waals surface area contributed by atoms with Gasteiger partial charge in [-0.15, -0.1) is 0 Å². The number of hydrogen-bond donors (Lipinski definition) is 0. The highest BCUT2D eigenvalue weighted by Crippen LogP contribution is 2.31. The highest BCUT2D eigenvalue weighted by Gasteiger charge is 2.11. The maximum absolute atomic E-state index is 13.2. The van der Waals surface area contributed by atoms with E-state index in [0.29, 0.717) is 11.4 Å². The van der Waals surface area contributed by atoms with Gasteiger partial charge in [-0.25, -0.2) is 9.37 Å². The number of rotatable bonds is 4. The van der Waals surface area contributed by atoms with Crippen LogP contribution in [0, 0.1) is 5.82 Å². The SMILES string of the molecule is Fc1ccc(-c2ccncc2-c2ccnc(Oc3ccccc3)n2)cc1. The van der Waals surface area contributed by atoms with Crippen molar-refractivity contribution >= 4 is 0 Å². The largest absolute Gasteiger partial charge is 0.424 e. The molecule has 0 aliphatic rings. The standard InChI is InChI=1S/C21H14FN3O/c22-16-8-6-15(7-9-16)18-10-12-23-14-19(18)20-11-13-24-21(25-20)26-17-4-2-1-3-5-17/h1-14H. The van der Waals surface area contributed by atoms with Crippen molar-refractivity contribution in [2.75, 3.05) is 0 Å². The molecule has 2 heterocycles. The van der Waals surface area contributed by atoms with Crippen LogP contribution in [0.5, 0.6) is 11.8 Å². The molecule has 0 saturated carbocycles. The fourth-order valence-corrected chi connectivity index (χ4v) is 2.61. The highest BCUT2D eigenvalue weighted by molar-refractivity contribution is 5.81. The Labute approximate surface area is 150 Å². The van der Waals surface area contributed by atoms with Gasteiger partial charge in [-0.05, 0) is 47.5 Å². The smallest absolute Gasteiger partial charge is 0.322 e. The van der Waals surface area contributed by atoms with Gasteiger partial charge in [-0.1, -0.05) is 30.3 Å². The first kappa shape index (κ1) is 15.9. The first-order valence-corrected chi connectivity index (χ1v) is 8.06. The van der Waals surface area contributed by atoms with Gasteiger partial charge in [0.25, 0.3) is 0 Å². The van der Waals surface area contributed by atoms with Gasteiger partial charge in [0, 0.05) is 24.2 Å². The number of pyridine rings is 1. The minimum absolute atomic E-state index is 0.252. The lowest BCUT2D eigenvalue weighted by atomic mass is 10.00. The molecule has 126 valence electrons. The van der Waals surface area contributed by atoms with Gasteiger partial charge in [-0.3, -0.25) is 4.98 Å². The normalized spacial score (nSPS) is 10.5. The molecule has 0 saturated heterocycles. The number of hydrogen-bond acceptors (Lipinski definition) is 4. The van der Waals surface area contributed by atoms with E-state index in [0.717, 1.165) is 16.7 Å². The van der Waals surface area contributed by atoms with E-state index in [1.807, 2.05) is 36.4 Å². The molecule has 0 amide bonds. The van der Waals surface area contributed by atoms with Crippen LogP contribution in [0.4, 0.5) is 4.39 Å². The van der Waals surface area contributed by atoms with Crippen LogP contribution in [0.2, 0.25) is 0 Å². The van der Waals surface area contributed by atoms with E-state index >= 15 is 0 Å². The summed E-state index contributed by atoms with van der Waals surface area (Å²) in [5.41, 5.74) is 3.29. The summed E-state index contributed by atoms with van der Waals surface area (Å²) >= 11 is 0. The van der Waals surface area contributed by atoms with Crippen LogP contribution in [-0.2, 0) is 0 Å². The Hall–Kier alpha value is -3.60. The maximum atomic E-state index is 13.2. The third-order valence-electron chi connectivity index (χ3n) is 3.84. The van der Waals surface area contributed by atoms with E-state index in [1.165, 1.54) is 12.1 Å². The van der Waals surface area contributed by atoms with Crippen molar-refractivity contribution in [3.63, 3.8) is 0 Å². The van der Waals surface area contributed by atoms with Crippen LogP contribution in [0.3, 0.4) is 0 Å². The summed E-state index contributed by atoms with van der Waals surface area (Å²) in [6.45, 7) is 0. The Morgan fingerprint density at radius 3 is 2.38 bits per heavy atom. The van der Waals surface area contributed by atoms with Crippen LogP contribution < -0.4 is 4.74 Å². The van der Waals surface area contributed by atoms with E-state index in [4.69, 9.17) is 4.74 Å². The first-order chi connectivity index (χ1) is 12.8. The fraction of sp³-hybridized carbons (Fsp3) is 0. The maximum Gasteiger partial charge on any atom is 0.322 e. The molecule has 0 atom stereocenters. The second kappa shape index (κ2) is 7.11. The number of ether oxygens (including phenoxy) is 1. The minimum atomic E-state index is -0.273. The number of benzene rings is 2. The summed E-state index contributed by atoms with van der Waals surface area (Å²) in [5.74, 6) is 0.388. The first-order valence-electron chi connectivity index (χ1n) is 8.06. The molecule has 4 nitrogen and oxygen atoms in total. The lowest BCUT2D eigenvalue weighted by Gasteiger charge is -2.10. The Morgan fingerprint density at radius 2 is 1.58 bits per heavy atom. The van der Waals surface area contributed by atoms with Crippen molar-refractivity contribution in [3.05, 3.63) is 91.1 Å². The van der Waals surface area contributed by atoms with E-state index in [-0.39, 0.29) is 11.8 Å². The molecule has 4 aromatic rings. The van der Waals surface area contributed by atoms with Gasteiger partial charge in [0.1, 0.15) is 11.6 Å². The molecule has 0 fully saturated rings. The van der Waals surface area contributed by atoms with E-state index in [9.17, 15) is 4.39 Å². The zero-order chi connectivity index (χ0) is 17.8. The van der Waals surface area contributed by atoms with Gasteiger partial charge in [0.2, 0.25) is 0 Å². The van der Waals surface area contributed by atoms with Crippen LogP contribution in [0.15, 0.2) is 85.3 Å². The van der Waals surface area contributed by atoms with Crippen LogP contribution in [0.1, 0.15) is 0 Å². The van der Waals surface area contributed by atoms with Crippen LogP contribution >= 0.6 is 0 Å². The van der Waals surface area contributed by atoms with Gasteiger partial charge in [0.05, 0.1) is 5.69 Å². The molecule has 0 spiro atoms. The molecule has 0 radical (unpaired) electrons. The van der Waals surface area contributed by atoms with Crippen molar-refractivity contribution < 1.29 is 9.13 Å². The monoisotopic (exact) mass is 343 g/mol. The molecule has 2 aromatic carbocycles. The average molecular weight is 343 g/mol. The van der Waals surface area contributed by atoms with Crippen molar-refractivity contribution in [2.45, 2.75) is 0 Å². The number of para-hydroxylation sites is 1. The molecule has 0 unspecified atom stereocenters. The lowest BCUT2D eigenvalue weighted by molar-refractivity contribution is 0.442. The van der Waals surface area contributed by atoms with Crippen molar-refractivity contribution in [3.8, 4) is 34.1 Å². The second-order valence-corrected chi connectivity index (χ2v) is 5.57. The summed E-state index contributed by atoms with van der Waals surface area (Å²) in [5, 5.41) is 0. The fourth-order valence-electron chi connectivity index (χ4n) is 2.61. The third-order valence-corrected chi connectivity index (χ3v) is 3.84. The van der Waals surface area contributed by atoms with Gasteiger partial charge >= 0.3 is 6.01 Å². The predicted octanol–water partition coefficient (Wildman–Crippen LogP) is 5.14. The van der Waals surface area contributed by atoms with Crippen molar-refractivity contribution in [2.24, 2.45) is 0 Å². The van der Waals surface area contributed by atoms with Gasteiger partial charge in [0.15, 0.2) is 0 Å². The van der Waals surface area contributed by atoms with Crippen LogP contribution in [0.25, 0.3) is 22.4 Å². The summed E-state index contributed by atoms with van der Waals surface area (Å²) < 4.78 is 18.9. The summed E-state index contributed by atoms with van der Waals surface area (Å²) in [6.07, 6.45) is 5.07. The van der Waals surface area contributed by atoms with Gasteiger partial charge < -0.3 is 4.74 Å². The van der Waals surface area contributed by atoms with Crippen LogP contribution in [-0.4, -0.2) is 15.0 Å². The quantitative estimate of drug-likeness (QED) is 0.515. The summed E-state index contributed by atoms with van der Waals surface area (Å²) in [6, 6.07) is 19.6. The Balaban J connectivity index is 1.72. The van der Waals surface area contributed by atoms with Crippen molar-refractivity contribution in [1.82, 2.24) is 15.0 Å². The third kappa shape index (κ3) is 3.42. The molecule has 0 N–H and O–H groups in total. The molecule has 5 heteroatoms. The molecule has 0 bridgehead atoms. The molecule has 2 aromatic heterocycles. The molecule has 0 aliphatic carbocycles. The Kier molecular flexibility index (Phi) is 4.35. The predicted molar refractivity (Wildman–Crippen MR) is 97.2 cm³/mol. The Morgan fingerprint density at radius 1 is 0.769 bits per heavy atom. The number of nitrogens with zero attached hydrogens (tertiary/aromatic N) is 3. The van der Waals surface area contributed by atoms with E-state index in [1.54, 1.807) is 36.8 Å². The topological polar surface area (TPSA) is 47.9 Å². The molecular weight excluding hydrogens is 329 g/mol. The second-order valence-electron chi connectivity index (χ2n) is 5.57. The summed E-state index contributed by atoms with van der Waals surface area (Å²) in [4.78, 5) is 12.9.